The molecule has 0 radical (unpaired) electrons. The largest absolute Gasteiger partial charge is 0.454 e. The van der Waals surface area contributed by atoms with E-state index < -0.39 is 15.7 Å². The molecule has 2 aromatic rings. The van der Waals surface area contributed by atoms with E-state index in [4.69, 9.17) is 10.00 Å². The summed E-state index contributed by atoms with van der Waals surface area (Å²) in [5, 5.41) is 11.5. The van der Waals surface area contributed by atoms with Crippen LogP contribution in [0.1, 0.15) is 0 Å². The highest BCUT2D eigenvalue weighted by molar-refractivity contribution is 8.13. The lowest BCUT2D eigenvalue weighted by atomic mass is 10.3. The Labute approximate surface area is 149 Å². The SMILES string of the molecule is CSC(=Nc1ccc(Oc2ccc(S(C)(=O)=O)cc2F)cc1)NC#N. The van der Waals surface area contributed by atoms with Gasteiger partial charge in [0, 0.05) is 6.26 Å². The van der Waals surface area contributed by atoms with E-state index >= 15 is 0 Å². The standard InChI is InChI=1S/C16H14FN3O3S2/c1-24-16(19-10-18)20-11-3-5-12(6-4-11)23-15-8-7-13(9-14(15)17)25(2,21)22/h3-9H,1-2H3,(H,19,20). The molecule has 0 atom stereocenters. The molecular weight excluding hydrogens is 365 g/mol. The number of halogens is 1. The van der Waals surface area contributed by atoms with Crippen molar-refractivity contribution in [1.29, 1.82) is 5.26 Å². The average Bonchev–Trinajstić information content (AvgIpc) is 2.57. The van der Waals surface area contributed by atoms with Crippen molar-refractivity contribution in [3.05, 3.63) is 48.3 Å². The van der Waals surface area contributed by atoms with Crippen LogP contribution in [0.3, 0.4) is 0 Å². The van der Waals surface area contributed by atoms with Gasteiger partial charge in [-0.15, -0.1) is 0 Å². The highest BCUT2D eigenvalue weighted by atomic mass is 32.2. The molecule has 0 unspecified atom stereocenters. The number of nitrogens with one attached hydrogen (secondary N) is 1. The van der Waals surface area contributed by atoms with Gasteiger partial charge in [-0.1, -0.05) is 11.8 Å². The van der Waals surface area contributed by atoms with E-state index in [1.807, 2.05) is 0 Å². The lowest BCUT2D eigenvalue weighted by Crippen LogP contribution is -2.12. The topological polar surface area (TPSA) is 91.5 Å². The lowest BCUT2D eigenvalue weighted by Gasteiger charge is -2.08. The summed E-state index contributed by atoms with van der Waals surface area (Å²) >= 11 is 1.29. The first kappa shape index (κ1) is 18.8. The number of nitrogens with zero attached hydrogens (tertiary/aromatic N) is 2. The van der Waals surface area contributed by atoms with E-state index in [9.17, 15) is 12.8 Å². The molecule has 0 aliphatic rings. The van der Waals surface area contributed by atoms with Gasteiger partial charge in [0.2, 0.25) is 0 Å². The van der Waals surface area contributed by atoms with Crippen molar-refractivity contribution in [2.24, 2.45) is 4.99 Å². The van der Waals surface area contributed by atoms with E-state index in [0.29, 0.717) is 16.6 Å². The molecule has 25 heavy (non-hydrogen) atoms. The fourth-order valence-corrected chi connectivity index (χ4v) is 2.78. The van der Waals surface area contributed by atoms with Crippen LogP contribution in [0, 0.1) is 17.3 Å². The molecule has 0 aromatic heterocycles. The highest BCUT2D eigenvalue weighted by Crippen LogP contribution is 2.28. The molecule has 0 saturated heterocycles. The predicted molar refractivity (Wildman–Crippen MR) is 95.4 cm³/mol. The maximum absolute atomic E-state index is 14.0. The molecule has 0 amide bonds. The van der Waals surface area contributed by atoms with Crippen LogP contribution in [0.25, 0.3) is 0 Å². The maximum atomic E-state index is 14.0. The van der Waals surface area contributed by atoms with Gasteiger partial charge < -0.3 is 4.74 Å². The summed E-state index contributed by atoms with van der Waals surface area (Å²) in [4.78, 5) is 4.11. The van der Waals surface area contributed by atoms with Gasteiger partial charge in [0.1, 0.15) is 5.75 Å². The zero-order valence-electron chi connectivity index (χ0n) is 13.4. The van der Waals surface area contributed by atoms with Gasteiger partial charge in [-0.2, -0.15) is 5.26 Å². The quantitative estimate of drug-likeness (QED) is 0.379. The number of amidine groups is 1. The van der Waals surface area contributed by atoms with Gasteiger partial charge in [0.25, 0.3) is 0 Å². The Morgan fingerprint density at radius 2 is 1.96 bits per heavy atom. The molecule has 2 rings (SSSR count). The van der Waals surface area contributed by atoms with E-state index in [2.05, 4.69) is 10.3 Å². The second-order valence-corrected chi connectivity index (χ2v) is 7.63. The lowest BCUT2D eigenvalue weighted by molar-refractivity contribution is 0.441. The number of benzene rings is 2. The number of sulfone groups is 1. The second kappa shape index (κ2) is 8.00. The first-order chi connectivity index (χ1) is 11.8. The molecule has 0 aliphatic carbocycles. The zero-order valence-corrected chi connectivity index (χ0v) is 15.0. The van der Waals surface area contributed by atoms with Crippen LogP contribution in [-0.2, 0) is 9.84 Å². The van der Waals surface area contributed by atoms with E-state index in [0.717, 1.165) is 12.3 Å². The van der Waals surface area contributed by atoms with Gasteiger partial charge in [0.05, 0.1) is 10.6 Å². The fourth-order valence-electron chi connectivity index (χ4n) is 1.80. The monoisotopic (exact) mass is 379 g/mol. The summed E-state index contributed by atoms with van der Waals surface area (Å²) < 4.78 is 42.2. The Morgan fingerprint density at radius 3 is 2.48 bits per heavy atom. The van der Waals surface area contributed by atoms with Crippen molar-refractivity contribution in [2.75, 3.05) is 12.5 Å². The summed E-state index contributed by atoms with van der Waals surface area (Å²) in [6.45, 7) is 0. The van der Waals surface area contributed by atoms with Crippen LogP contribution in [0.4, 0.5) is 10.1 Å². The van der Waals surface area contributed by atoms with Gasteiger partial charge in [-0.05, 0) is 48.7 Å². The Bertz CT molecular complexity index is 936. The number of rotatable bonds is 4. The molecular formula is C16H14FN3O3S2. The van der Waals surface area contributed by atoms with Crippen molar-refractivity contribution < 1.29 is 17.5 Å². The Kier molecular flexibility index (Phi) is 6.01. The third kappa shape index (κ3) is 5.20. The molecule has 2 aromatic carbocycles. The van der Waals surface area contributed by atoms with Gasteiger partial charge in [-0.25, -0.2) is 17.8 Å². The Balaban J connectivity index is 2.18. The molecule has 1 N–H and O–H groups in total. The van der Waals surface area contributed by atoms with Crippen LogP contribution in [0.15, 0.2) is 52.4 Å². The molecule has 9 heteroatoms. The first-order valence-electron chi connectivity index (χ1n) is 6.89. The Hall–Kier alpha value is -2.57. The summed E-state index contributed by atoms with van der Waals surface area (Å²) in [5.74, 6) is -0.489. The second-order valence-electron chi connectivity index (χ2n) is 4.82. The number of nitriles is 1. The molecule has 0 bridgehead atoms. The smallest absolute Gasteiger partial charge is 0.183 e. The highest BCUT2D eigenvalue weighted by Gasteiger charge is 2.12. The maximum Gasteiger partial charge on any atom is 0.183 e. The van der Waals surface area contributed by atoms with Crippen LogP contribution in [0.2, 0.25) is 0 Å². The van der Waals surface area contributed by atoms with Crippen LogP contribution < -0.4 is 10.1 Å². The fraction of sp³-hybridized carbons (Fsp3) is 0.125. The molecule has 0 fully saturated rings. The number of ether oxygens (including phenoxy) is 1. The summed E-state index contributed by atoms with van der Waals surface area (Å²) in [7, 11) is -3.48. The van der Waals surface area contributed by atoms with E-state index in [-0.39, 0.29) is 10.6 Å². The van der Waals surface area contributed by atoms with Crippen molar-refractivity contribution in [3.8, 4) is 17.7 Å². The van der Waals surface area contributed by atoms with Crippen molar-refractivity contribution in [2.45, 2.75) is 4.90 Å². The van der Waals surface area contributed by atoms with Crippen molar-refractivity contribution in [3.63, 3.8) is 0 Å². The van der Waals surface area contributed by atoms with E-state index in [1.165, 1.54) is 23.9 Å². The van der Waals surface area contributed by atoms with Gasteiger partial charge >= 0.3 is 0 Å². The number of aliphatic imine (C=N–C) groups is 1. The summed E-state index contributed by atoms with van der Waals surface area (Å²) in [5.41, 5.74) is 0.590. The summed E-state index contributed by atoms with van der Waals surface area (Å²) in [6.07, 6.45) is 4.58. The molecule has 6 nitrogen and oxygen atoms in total. The number of hydrogen-bond donors (Lipinski definition) is 1. The van der Waals surface area contributed by atoms with Crippen LogP contribution in [0.5, 0.6) is 11.5 Å². The van der Waals surface area contributed by atoms with Gasteiger partial charge in [0.15, 0.2) is 32.8 Å². The molecule has 0 saturated carbocycles. The van der Waals surface area contributed by atoms with Crippen LogP contribution >= 0.6 is 11.8 Å². The molecule has 0 spiro atoms. The third-order valence-corrected chi connectivity index (χ3v) is 4.67. The number of hydrogen-bond acceptors (Lipinski definition) is 6. The van der Waals surface area contributed by atoms with Crippen molar-refractivity contribution in [1.82, 2.24) is 5.32 Å². The average molecular weight is 379 g/mol. The first-order valence-corrected chi connectivity index (χ1v) is 10.0. The van der Waals surface area contributed by atoms with Crippen LogP contribution in [-0.4, -0.2) is 26.1 Å². The van der Waals surface area contributed by atoms with Gasteiger partial charge in [-0.3, -0.25) is 5.32 Å². The zero-order chi connectivity index (χ0) is 18.4. The molecule has 130 valence electrons. The van der Waals surface area contributed by atoms with Crippen molar-refractivity contribution >= 4 is 32.5 Å². The van der Waals surface area contributed by atoms with E-state index in [1.54, 1.807) is 36.7 Å². The summed E-state index contributed by atoms with van der Waals surface area (Å²) in [6, 6.07) is 9.94. The normalized spacial score (nSPS) is 11.7. The molecule has 0 heterocycles. The minimum atomic E-state index is -3.48. The minimum absolute atomic E-state index is 0.0837. The Morgan fingerprint density at radius 1 is 1.28 bits per heavy atom. The number of thioether (sulfide) groups is 1. The third-order valence-electron chi connectivity index (χ3n) is 2.98. The predicted octanol–water partition coefficient (Wildman–Crippen LogP) is 3.44. The minimum Gasteiger partial charge on any atom is -0.454 e. The molecule has 0 aliphatic heterocycles.